The summed E-state index contributed by atoms with van der Waals surface area (Å²) in [5.74, 6) is -1.88. The van der Waals surface area contributed by atoms with E-state index in [9.17, 15) is 19.2 Å². The van der Waals surface area contributed by atoms with E-state index in [-0.39, 0.29) is 47.4 Å². The number of rotatable bonds is 11. The van der Waals surface area contributed by atoms with Gasteiger partial charge in [-0.15, -0.1) is 11.6 Å². The van der Waals surface area contributed by atoms with E-state index >= 15 is 0 Å². The quantitative estimate of drug-likeness (QED) is 0.142. The number of azo groups is 1. The van der Waals surface area contributed by atoms with Crippen molar-refractivity contribution in [2.24, 2.45) is 10.2 Å². The van der Waals surface area contributed by atoms with E-state index in [0.717, 1.165) is 51.9 Å². The first-order valence-corrected chi connectivity index (χ1v) is 16.6. The number of carbonyl (C=O) groups is 4. The van der Waals surface area contributed by atoms with Crippen LogP contribution in [0.1, 0.15) is 80.0 Å². The minimum atomic E-state index is -1.92. The molecule has 0 bridgehead atoms. The zero-order valence-electron chi connectivity index (χ0n) is 27.3. The second kappa shape index (κ2) is 14.0. The van der Waals surface area contributed by atoms with Crippen LogP contribution in [0.2, 0.25) is 0 Å². The molecule has 7 unspecified atom stereocenters. The maximum atomic E-state index is 13.5. The molecule has 252 valence electrons. The Morgan fingerprint density at radius 2 is 1.46 bits per heavy atom. The van der Waals surface area contributed by atoms with Gasteiger partial charge in [0.25, 0.3) is 17.7 Å². The SMILES string of the molecule is COC1CC2(NC(=O)C2(N=Nc2cc(C(=O)NC(C)N3CCCC3)cc(C(=O)NC(C)N3CCCC3)c2)C(C)=O)C(OC)CC1Cl. The summed E-state index contributed by atoms with van der Waals surface area (Å²) < 4.78 is 11.4. The van der Waals surface area contributed by atoms with E-state index in [0.29, 0.717) is 6.42 Å². The van der Waals surface area contributed by atoms with Crippen LogP contribution in [0.15, 0.2) is 28.4 Å². The van der Waals surface area contributed by atoms with Crippen molar-refractivity contribution in [2.45, 2.75) is 100 Å². The van der Waals surface area contributed by atoms with Crippen LogP contribution in [0.3, 0.4) is 0 Å². The van der Waals surface area contributed by atoms with Crippen molar-refractivity contribution >= 4 is 40.8 Å². The standard InChI is InChI=1S/C32H46ClN7O6/c1-19(41)32(30(44)36-31(32)18-26(45-4)25(33)17-27(31)46-5)38-37-24-15-22(28(42)34-20(2)39-10-6-7-11-39)14-23(16-24)29(43)35-21(3)40-12-8-9-13-40/h14-16,20-21,25-27H,6-13,17-18H2,1-5H3,(H,34,42)(H,35,43)(H,36,44). The largest absolute Gasteiger partial charge is 0.380 e. The fourth-order valence-electron chi connectivity index (χ4n) is 7.43. The molecule has 1 aromatic rings. The van der Waals surface area contributed by atoms with Crippen LogP contribution in [-0.4, -0.2) is 115 Å². The van der Waals surface area contributed by atoms with Crippen molar-refractivity contribution in [3.05, 3.63) is 29.3 Å². The summed E-state index contributed by atoms with van der Waals surface area (Å²) in [6.45, 7) is 8.73. The number of β-lactam (4-membered cyclic amide) rings is 1. The summed E-state index contributed by atoms with van der Waals surface area (Å²) in [6.07, 6.45) is 3.26. The lowest BCUT2D eigenvalue weighted by Crippen LogP contribution is -2.88. The average molecular weight is 660 g/mol. The number of nitrogens with one attached hydrogen (secondary N) is 3. The van der Waals surface area contributed by atoms with Crippen LogP contribution in [0.4, 0.5) is 5.69 Å². The van der Waals surface area contributed by atoms with E-state index in [1.54, 1.807) is 0 Å². The van der Waals surface area contributed by atoms with E-state index in [2.05, 4.69) is 36.0 Å². The fraction of sp³-hybridized carbons (Fsp3) is 0.688. The number of benzene rings is 1. The molecule has 5 rings (SSSR count). The molecule has 13 nitrogen and oxygen atoms in total. The first-order valence-electron chi connectivity index (χ1n) is 16.2. The van der Waals surface area contributed by atoms with Crippen LogP contribution < -0.4 is 16.0 Å². The Hall–Kier alpha value is -2.97. The highest BCUT2D eigenvalue weighted by molar-refractivity contribution is 6.21. The van der Waals surface area contributed by atoms with Crippen LogP contribution in [0.25, 0.3) is 0 Å². The molecule has 1 aliphatic carbocycles. The second-order valence-electron chi connectivity index (χ2n) is 12.9. The van der Waals surface area contributed by atoms with Gasteiger partial charge in [0.1, 0.15) is 5.54 Å². The van der Waals surface area contributed by atoms with Gasteiger partial charge < -0.3 is 25.4 Å². The predicted octanol–water partition coefficient (Wildman–Crippen LogP) is 2.74. The third-order valence-corrected chi connectivity index (χ3v) is 10.6. The van der Waals surface area contributed by atoms with Crippen molar-refractivity contribution in [1.29, 1.82) is 0 Å². The number of hydrogen-bond donors (Lipinski definition) is 3. The number of amides is 3. The molecule has 0 radical (unpaired) electrons. The number of hydrogen-bond acceptors (Lipinski definition) is 10. The molecule has 3 heterocycles. The number of ketones is 1. The lowest BCUT2D eigenvalue weighted by atomic mass is 9.58. The van der Waals surface area contributed by atoms with Gasteiger partial charge in [0.05, 0.1) is 35.6 Å². The van der Waals surface area contributed by atoms with Gasteiger partial charge in [-0.3, -0.25) is 29.0 Å². The molecule has 0 aromatic heterocycles. The molecule has 3 saturated heterocycles. The number of likely N-dealkylation sites (tertiary alicyclic amines) is 2. The van der Waals surface area contributed by atoms with Crippen LogP contribution in [0, 0.1) is 0 Å². The Bertz CT molecular complexity index is 1300. The molecule has 1 saturated carbocycles. The Morgan fingerprint density at radius 3 is 1.89 bits per heavy atom. The Labute approximate surface area is 275 Å². The first-order chi connectivity index (χ1) is 21.9. The molecule has 7 atom stereocenters. The highest BCUT2D eigenvalue weighted by Crippen LogP contribution is 2.49. The molecular weight excluding hydrogens is 614 g/mol. The highest BCUT2D eigenvalue weighted by Gasteiger charge is 2.75. The Kier molecular flexibility index (Phi) is 10.5. The van der Waals surface area contributed by atoms with E-state index in [1.807, 2.05) is 13.8 Å². The number of methoxy groups -OCH3 is 2. The summed E-state index contributed by atoms with van der Waals surface area (Å²) in [5, 5.41) is 17.4. The van der Waals surface area contributed by atoms with Crippen molar-refractivity contribution < 1.29 is 28.7 Å². The lowest BCUT2D eigenvalue weighted by Gasteiger charge is -2.60. The van der Waals surface area contributed by atoms with Gasteiger partial charge in [0.15, 0.2) is 5.78 Å². The third-order valence-electron chi connectivity index (χ3n) is 10.1. The minimum Gasteiger partial charge on any atom is -0.380 e. The molecule has 3 aliphatic heterocycles. The average Bonchev–Trinajstić information content (AvgIpc) is 3.77. The number of alkyl halides is 1. The molecule has 4 aliphatic rings. The van der Waals surface area contributed by atoms with Gasteiger partial charge in [0.2, 0.25) is 5.54 Å². The molecular formula is C32H46ClN7O6. The molecule has 46 heavy (non-hydrogen) atoms. The molecule has 3 N–H and O–H groups in total. The summed E-state index contributed by atoms with van der Waals surface area (Å²) in [5.41, 5.74) is -2.59. The van der Waals surface area contributed by atoms with Crippen molar-refractivity contribution in [2.75, 3.05) is 40.4 Å². The van der Waals surface area contributed by atoms with Gasteiger partial charge in [-0.2, -0.15) is 10.2 Å². The van der Waals surface area contributed by atoms with E-state index < -0.39 is 40.4 Å². The summed E-state index contributed by atoms with van der Waals surface area (Å²) in [6, 6.07) is 4.55. The van der Waals surface area contributed by atoms with Gasteiger partial charge >= 0.3 is 0 Å². The van der Waals surface area contributed by atoms with Crippen LogP contribution >= 0.6 is 11.6 Å². The van der Waals surface area contributed by atoms with Crippen molar-refractivity contribution in [1.82, 2.24) is 25.8 Å². The van der Waals surface area contributed by atoms with Gasteiger partial charge in [-0.25, -0.2) is 0 Å². The molecule has 3 amide bonds. The normalized spacial score (nSPS) is 31.4. The topological polar surface area (TPSA) is 154 Å². The maximum Gasteiger partial charge on any atom is 0.260 e. The van der Waals surface area contributed by atoms with Gasteiger partial charge in [-0.05, 0) is 71.1 Å². The highest BCUT2D eigenvalue weighted by atomic mass is 35.5. The summed E-state index contributed by atoms with van der Waals surface area (Å²) in [7, 11) is 3.02. The zero-order valence-corrected chi connectivity index (χ0v) is 28.1. The monoisotopic (exact) mass is 659 g/mol. The van der Waals surface area contributed by atoms with Gasteiger partial charge in [-0.1, -0.05) is 0 Å². The second-order valence-corrected chi connectivity index (χ2v) is 13.5. The molecule has 1 aromatic carbocycles. The third kappa shape index (κ3) is 6.32. The number of Topliss-reactive ketones (excluding diaryl/α,β-unsaturated/α-hetero) is 1. The van der Waals surface area contributed by atoms with Gasteiger partial charge in [0, 0.05) is 57.9 Å². The zero-order chi connectivity index (χ0) is 33.2. The van der Waals surface area contributed by atoms with E-state index in [1.165, 1.54) is 39.3 Å². The molecule has 4 fully saturated rings. The summed E-state index contributed by atoms with van der Waals surface area (Å²) >= 11 is 6.56. The minimum absolute atomic E-state index is 0.152. The number of nitrogens with zero attached hydrogens (tertiary/aromatic N) is 4. The molecule has 14 heteroatoms. The van der Waals surface area contributed by atoms with Crippen molar-refractivity contribution in [3.63, 3.8) is 0 Å². The van der Waals surface area contributed by atoms with Crippen molar-refractivity contribution in [3.8, 4) is 0 Å². The predicted molar refractivity (Wildman–Crippen MR) is 171 cm³/mol. The molecule has 1 spiro atoms. The smallest absolute Gasteiger partial charge is 0.260 e. The Morgan fingerprint density at radius 1 is 0.935 bits per heavy atom. The number of ether oxygens (including phenoxy) is 2. The lowest BCUT2D eigenvalue weighted by molar-refractivity contribution is -0.173. The maximum absolute atomic E-state index is 13.5. The first kappa shape index (κ1) is 34.4. The van der Waals surface area contributed by atoms with Crippen LogP contribution in [0.5, 0.6) is 0 Å². The van der Waals surface area contributed by atoms with E-state index in [4.69, 9.17) is 21.1 Å². The fourth-order valence-corrected chi connectivity index (χ4v) is 7.78. The summed E-state index contributed by atoms with van der Waals surface area (Å²) in [4.78, 5) is 58.1. The number of halogens is 1. The Balaban J connectivity index is 1.49. The number of carbonyl (C=O) groups excluding carboxylic acids is 4. The van der Waals surface area contributed by atoms with Crippen LogP contribution in [-0.2, 0) is 19.1 Å².